The lowest BCUT2D eigenvalue weighted by Crippen LogP contribution is -2.04. The number of hydrogen-bond acceptors (Lipinski definition) is 2. The summed E-state index contributed by atoms with van der Waals surface area (Å²) in [5.41, 5.74) is 1.89. The van der Waals surface area contributed by atoms with Crippen molar-refractivity contribution in [1.82, 2.24) is 0 Å². The standard InChI is InChI=1S/C12H13BrO2/c1-15-11-7-6-9(13)8-4-2-3-5-10(14)12(8)11/h6-7H,2-5H2,1H3. The molecule has 0 bridgehead atoms. The van der Waals surface area contributed by atoms with Gasteiger partial charge in [0.15, 0.2) is 5.78 Å². The highest BCUT2D eigenvalue weighted by molar-refractivity contribution is 9.10. The van der Waals surface area contributed by atoms with Gasteiger partial charge in [0.05, 0.1) is 12.7 Å². The van der Waals surface area contributed by atoms with Gasteiger partial charge in [0, 0.05) is 10.9 Å². The first kappa shape index (κ1) is 10.7. The molecule has 1 aromatic carbocycles. The first-order valence-electron chi connectivity index (χ1n) is 5.12. The number of carbonyl (C=O) groups is 1. The highest BCUT2D eigenvalue weighted by atomic mass is 79.9. The summed E-state index contributed by atoms with van der Waals surface area (Å²) in [6.07, 6.45) is 3.65. The maximum absolute atomic E-state index is 11.9. The van der Waals surface area contributed by atoms with Crippen LogP contribution in [0.25, 0.3) is 0 Å². The minimum Gasteiger partial charge on any atom is -0.496 e. The third kappa shape index (κ3) is 1.93. The molecule has 80 valence electrons. The van der Waals surface area contributed by atoms with Gasteiger partial charge in [-0.15, -0.1) is 0 Å². The van der Waals surface area contributed by atoms with E-state index in [-0.39, 0.29) is 5.78 Å². The van der Waals surface area contributed by atoms with E-state index in [0.29, 0.717) is 12.2 Å². The van der Waals surface area contributed by atoms with Crippen molar-refractivity contribution in [3.63, 3.8) is 0 Å². The van der Waals surface area contributed by atoms with E-state index < -0.39 is 0 Å². The van der Waals surface area contributed by atoms with Gasteiger partial charge in [0.1, 0.15) is 5.75 Å². The van der Waals surface area contributed by atoms with Gasteiger partial charge in [0.2, 0.25) is 0 Å². The molecule has 0 spiro atoms. The van der Waals surface area contributed by atoms with Gasteiger partial charge in [-0.05, 0) is 37.0 Å². The molecule has 0 saturated heterocycles. The summed E-state index contributed by atoms with van der Waals surface area (Å²) in [5.74, 6) is 0.917. The van der Waals surface area contributed by atoms with E-state index in [9.17, 15) is 4.79 Å². The Morgan fingerprint density at radius 2 is 2.00 bits per heavy atom. The van der Waals surface area contributed by atoms with Gasteiger partial charge in [-0.3, -0.25) is 4.79 Å². The Morgan fingerprint density at radius 1 is 1.27 bits per heavy atom. The van der Waals surface area contributed by atoms with Crippen LogP contribution in [0.2, 0.25) is 0 Å². The largest absolute Gasteiger partial charge is 0.496 e. The molecule has 1 aliphatic carbocycles. The van der Waals surface area contributed by atoms with Crippen LogP contribution in [0.4, 0.5) is 0 Å². The molecular formula is C12H13BrO2. The smallest absolute Gasteiger partial charge is 0.166 e. The SMILES string of the molecule is COc1ccc(Br)c2c1C(=O)CCCC2. The van der Waals surface area contributed by atoms with Crippen LogP contribution in [0.3, 0.4) is 0 Å². The number of ketones is 1. The number of ether oxygens (including phenoxy) is 1. The molecule has 0 aliphatic heterocycles. The van der Waals surface area contributed by atoms with Crippen LogP contribution < -0.4 is 4.74 Å². The van der Waals surface area contributed by atoms with Gasteiger partial charge in [-0.1, -0.05) is 15.9 Å². The summed E-state index contributed by atoms with van der Waals surface area (Å²) in [5, 5.41) is 0. The monoisotopic (exact) mass is 268 g/mol. The Bertz CT molecular complexity index is 399. The molecule has 0 saturated carbocycles. The van der Waals surface area contributed by atoms with E-state index >= 15 is 0 Å². The normalized spacial score (nSPS) is 15.7. The van der Waals surface area contributed by atoms with Crippen molar-refractivity contribution >= 4 is 21.7 Å². The predicted octanol–water partition coefficient (Wildman–Crippen LogP) is 3.37. The Balaban J connectivity index is 2.61. The summed E-state index contributed by atoms with van der Waals surface area (Å²) >= 11 is 3.50. The molecule has 0 amide bonds. The number of carbonyl (C=O) groups excluding carboxylic acids is 1. The zero-order valence-electron chi connectivity index (χ0n) is 8.68. The van der Waals surface area contributed by atoms with E-state index in [1.54, 1.807) is 7.11 Å². The molecule has 0 atom stereocenters. The van der Waals surface area contributed by atoms with Gasteiger partial charge in [0.25, 0.3) is 0 Å². The zero-order chi connectivity index (χ0) is 10.8. The van der Waals surface area contributed by atoms with Crippen LogP contribution in [0.1, 0.15) is 35.2 Å². The summed E-state index contributed by atoms with van der Waals surface area (Å²) in [4.78, 5) is 11.9. The molecular weight excluding hydrogens is 256 g/mol. The number of fused-ring (bicyclic) bond motifs is 1. The Morgan fingerprint density at radius 3 is 2.73 bits per heavy atom. The number of benzene rings is 1. The van der Waals surface area contributed by atoms with Crippen molar-refractivity contribution in [2.24, 2.45) is 0 Å². The molecule has 1 aromatic rings. The molecule has 3 heteroatoms. The van der Waals surface area contributed by atoms with Crippen molar-refractivity contribution in [2.45, 2.75) is 25.7 Å². The average Bonchev–Trinajstić information content (AvgIpc) is 2.43. The molecule has 2 rings (SSSR count). The van der Waals surface area contributed by atoms with E-state index in [4.69, 9.17) is 4.74 Å². The van der Waals surface area contributed by atoms with Gasteiger partial charge in [-0.25, -0.2) is 0 Å². The van der Waals surface area contributed by atoms with Crippen LogP contribution in [0, 0.1) is 0 Å². The van der Waals surface area contributed by atoms with E-state index in [1.165, 1.54) is 0 Å². The van der Waals surface area contributed by atoms with Gasteiger partial charge >= 0.3 is 0 Å². The molecule has 0 fully saturated rings. The van der Waals surface area contributed by atoms with E-state index in [2.05, 4.69) is 15.9 Å². The molecule has 0 unspecified atom stereocenters. The lowest BCUT2D eigenvalue weighted by molar-refractivity contribution is 0.0979. The Labute approximate surface area is 97.8 Å². The number of Topliss-reactive ketones (excluding diaryl/α,β-unsaturated/α-hetero) is 1. The van der Waals surface area contributed by atoms with Crippen molar-refractivity contribution in [3.05, 3.63) is 27.7 Å². The number of methoxy groups -OCH3 is 1. The van der Waals surface area contributed by atoms with Gasteiger partial charge in [-0.2, -0.15) is 0 Å². The van der Waals surface area contributed by atoms with E-state index in [0.717, 1.165) is 34.9 Å². The molecule has 0 radical (unpaired) electrons. The fourth-order valence-electron chi connectivity index (χ4n) is 2.03. The van der Waals surface area contributed by atoms with Gasteiger partial charge < -0.3 is 4.74 Å². The number of hydrogen-bond donors (Lipinski definition) is 0. The maximum Gasteiger partial charge on any atom is 0.166 e. The highest BCUT2D eigenvalue weighted by Crippen LogP contribution is 2.33. The second-order valence-electron chi connectivity index (χ2n) is 3.73. The topological polar surface area (TPSA) is 26.3 Å². The van der Waals surface area contributed by atoms with Crippen LogP contribution in [0.5, 0.6) is 5.75 Å². The first-order chi connectivity index (χ1) is 7.24. The molecule has 2 nitrogen and oxygen atoms in total. The number of rotatable bonds is 1. The summed E-state index contributed by atoms with van der Waals surface area (Å²) in [6, 6.07) is 3.81. The van der Waals surface area contributed by atoms with E-state index in [1.807, 2.05) is 12.1 Å². The fourth-order valence-corrected chi connectivity index (χ4v) is 2.56. The van der Waals surface area contributed by atoms with Crippen LogP contribution >= 0.6 is 15.9 Å². The highest BCUT2D eigenvalue weighted by Gasteiger charge is 2.21. The Kier molecular flexibility index (Phi) is 3.10. The van der Waals surface area contributed by atoms with Crippen LogP contribution in [-0.2, 0) is 6.42 Å². The second kappa shape index (κ2) is 4.35. The zero-order valence-corrected chi connectivity index (χ0v) is 10.3. The minimum absolute atomic E-state index is 0.209. The third-order valence-corrected chi connectivity index (χ3v) is 3.54. The molecule has 15 heavy (non-hydrogen) atoms. The Hall–Kier alpha value is -0.830. The van der Waals surface area contributed by atoms with Crippen molar-refractivity contribution in [3.8, 4) is 5.75 Å². The lowest BCUT2D eigenvalue weighted by atomic mass is 10.0. The molecule has 0 aromatic heterocycles. The molecule has 0 N–H and O–H groups in total. The molecule has 0 heterocycles. The van der Waals surface area contributed by atoms with Crippen molar-refractivity contribution in [1.29, 1.82) is 0 Å². The third-order valence-electron chi connectivity index (χ3n) is 2.80. The predicted molar refractivity (Wildman–Crippen MR) is 62.6 cm³/mol. The number of halogens is 1. The van der Waals surface area contributed by atoms with Crippen molar-refractivity contribution in [2.75, 3.05) is 7.11 Å². The average molecular weight is 269 g/mol. The minimum atomic E-state index is 0.209. The second-order valence-corrected chi connectivity index (χ2v) is 4.59. The fraction of sp³-hybridized carbons (Fsp3) is 0.417. The van der Waals surface area contributed by atoms with Crippen LogP contribution in [-0.4, -0.2) is 12.9 Å². The first-order valence-corrected chi connectivity index (χ1v) is 5.92. The van der Waals surface area contributed by atoms with Crippen LogP contribution in [0.15, 0.2) is 16.6 Å². The summed E-state index contributed by atoms with van der Waals surface area (Å²) in [7, 11) is 1.61. The van der Waals surface area contributed by atoms with Crippen molar-refractivity contribution < 1.29 is 9.53 Å². The maximum atomic E-state index is 11.9. The summed E-state index contributed by atoms with van der Waals surface area (Å²) in [6.45, 7) is 0. The lowest BCUT2D eigenvalue weighted by Gasteiger charge is -2.11. The summed E-state index contributed by atoms with van der Waals surface area (Å²) < 4.78 is 6.27. The quantitative estimate of drug-likeness (QED) is 0.731. The molecule has 1 aliphatic rings.